The van der Waals surface area contributed by atoms with Gasteiger partial charge in [0, 0.05) is 59.8 Å². The second-order valence-electron chi connectivity index (χ2n) is 12.8. The number of hydrogen-bond donors (Lipinski definition) is 1. The molecule has 0 saturated heterocycles. The Morgan fingerprint density at radius 2 is 1.18 bits per heavy atom. The van der Waals surface area contributed by atoms with Crippen LogP contribution in [-0.4, -0.2) is 9.55 Å². The maximum Gasteiger partial charge on any atom is 0.187 e. The molecule has 3 heterocycles. The summed E-state index contributed by atoms with van der Waals surface area (Å²) >= 11 is 0. The lowest BCUT2D eigenvalue weighted by molar-refractivity contribution is 0.673. The number of para-hydroxylation sites is 3. The highest BCUT2D eigenvalue weighted by Gasteiger charge is 2.23. The first kappa shape index (κ1) is 26.3. The lowest BCUT2D eigenvalue weighted by atomic mass is 9.89. The first-order valence-corrected chi connectivity index (χ1v) is 16.5. The normalized spacial score (nSPS) is 12.1. The molecule has 0 aliphatic carbocycles. The van der Waals surface area contributed by atoms with Gasteiger partial charge in [-0.05, 0) is 70.4 Å². The predicted octanol–water partition coefficient (Wildman–Crippen LogP) is 12.8. The summed E-state index contributed by atoms with van der Waals surface area (Å²) in [6.45, 7) is 7.43. The van der Waals surface area contributed by atoms with Crippen molar-refractivity contribution in [2.75, 3.05) is 0 Å². The van der Waals surface area contributed by atoms with Crippen LogP contribution in [0.5, 0.6) is 0 Å². The summed E-state index contributed by atoms with van der Waals surface area (Å²) in [5.41, 5.74) is 10.2. The van der Waals surface area contributed by atoms with Crippen molar-refractivity contribution in [2.45, 2.75) is 0 Å². The van der Waals surface area contributed by atoms with Gasteiger partial charge < -0.3 is 14.0 Å². The van der Waals surface area contributed by atoms with Gasteiger partial charge in [-0.1, -0.05) is 97.1 Å². The van der Waals surface area contributed by atoms with E-state index in [4.69, 9.17) is 11.0 Å². The standard InChI is InChI=1S/C45H25N3O/c1-46-27-19-21-28(22-20-27)48-38-16-8-5-10-29(38)35-24-26(18-23-39(35)48)34-25-37-42(32-13-4-7-15-36(32)47-37)43-31-12-3-2-11-30(31)41-33-14-6-9-17-40(33)49-45(41)44(34)43/h2-25,47H. The second kappa shape index (κ2) is 9.60. The topological polar surface area (TPSA) is 38.2 Å². The minimum Gasteiger partial charge on any atom is -0.455 e. The van der Waals surface area contributed by atoms with Crippen molar-refractivity contribution in [3.05, 3.63) is 157 Å². The van der Waals surface area contributed by atoms with Crippen molar-refractivity contribution in [2.24, 2.45) is 0 Å². The van der Waals surface area contributed by atoms with Gasteiger partial charge in [0.25, 0.3) is 0 Å². The van der Waals surface area contributed by atoms with Crippen LogP contribution in [0.25, 0.3) is 109 Å². The second-order valence-corrected chi connectivity index (χ2v) is 12.8. The van der Waals surface area contributed by atoms with Gasteiger partial charge in [0.1, 0.15) is 11.2 Å². The third-order valence-corrected chi connectivity index (χ3v) is 10.3. The number of furan rings is 1. The monoisotopic (exact) mass is 623 g/mol. The van der Waals surface area contributed by atoms with Gasteiger partial charge >= 0.3 is 0 Å². The minimum absolute atomic E-state index is 0.635. The van der Waals surface area contributed by atoms with E-state index in [1.165, 1.54) is 37.7 Å². The van der Waals surface area contributed by atoms with Crippen molar-refractivity contribution in [1.82, 2.24) is 9.55 Å². The molecule has 3 aromatic heterocycles. The summed E-state index contributed by atoms with van der Waals surface area (Å²) in [7, 11) is 0. The lowest BCUT2D eigenvalue weighted by Crippen LogP contribution is -1.93. The van der Waals surface area contributed by atoms with Crippen molar-refractivity contribution < 1.29 is 4.42 Å². The molecule has 0 fully saturated rings. The maximum atomic E-state index is 7.43. The van der Waals surface area contributed by atoms with E-state index in [1.54, 1.807) is 0 Å². The van der Waals surface area contributed by atoms with E-state index >= 15 is 0 Å². The molecule has 0 radical (unpaired) electrons. The zero-order chi connectivity index (χ0) is 32.2. The largest absolute Gasteiger partial charge is 0.455 e. The average molecular weight is 624 g/mol. The molecule has 0 unspecified atom stereocenters. The Bertz CT molecular complexity index is 3220. The van der Waals surface area contributed by atoms with Crippen molar-refractivity contribution in [3.8, 4) is 16.8 Å². The predicted molar refractivity (Wildman–Crippen MR) is 204 cm³/mol. The summed E-state index contributed by atoms with van der Waals surface area (Å²) in [6, 6.07) is 51.3. The number of aromatic amines is 1. The third-order valence-electron chi connectivity index (χ3n) is 10.3. The van der Waals surface area contributed by atoms with E-state index in [-0.39, 0.29) is 0 Å². The molecular formula is C45H25N3O. The van der Waals surface area contributed by atoms with Crippen LogP contribution < -0.4 is 0 Å². The fourth-order valence-corrected chi connectivity index (χ4v) is 8.25. The van der Waals surface area contributed by atoms with Gasteiger partial charge in [-0.3, -0.25) is 0 Å². The summed E-state index contributed by atoms with van der Waals surface area (Å²) in [5, 5.41) is 11.8. The molecule has 4 heteroatoms. The van der Waals surface area contributed by atoms with E-state index < -0.39 is 0 Å². The van der Waals surface area contributed by atoms with Crippen LogP contribution in [0.4, 0.5) is 5.69 Å². The molecule has 11 aromatic rings. The van der Waals surface area contributed by atoms with Crippen LogP contribution in [0.3, 0.4) is 0 Å². The van der Waals surface area contributed by atoms with E-state index in [0.717, 1.165) is 66.2 Å². The highest BCUT2D eigenvalue weighted by atomic mass is 16.3. The molecule has 0 spiro atoms. The lowest BCUT2D eigenvalue weighted by Gasteiger charge is -2.14. The van der Waals surface area contributed by atoms with Crippen LogP contribution >= 0.6 is 0 Å². The summed E-state index contributed by atoms with van der Waals surface area (Å²) in [6.07, 6.45) is 0. The van der Waals surface area contributed by atoms with Crippen molar-refractivity contribution in [3.63, 3.8) is 0 Å². The molecule has 1 N–H and O–H groups in total. The molecule has 0 atom stereocenters. The Labute approximate surface area is 279 Å². The van der Waals surface area contributed by atoms with E-state index in [1.807, 2.05) is 30.3 Å². The first-order chi connectivity index (χ1) is 24.3. The highest BCUT2D eigenvalue weighted by molar-refractivity contribution is 6.39. The summed E-state index contributed by atoms with van der Waals surface area (Å²) in [5.74, 6) is 0. The Kier molecular flexibility index (Phi) is 5.15. The van der Waals surface area contributed by atoms with Gasteiger partial charge in [-0.2, -0.15) is 0 Å². The molecule has 0 aliphatic rings. The van der Waals surface area contributed by atoms with Gasteiger partial charge in [-0.15, -0.1) is 0 Å². The summed E-state index contributed by atoms with van der Waals surface area (Å²) < 4.78 is 9.17. The van der Waals surface area contributed by atoms with Crippen LogP contribution in [-0.2, 0) is 0 Å². The molecule has 11 rings (SSSR count). The van der Waals surface area contributed by atoms with Crippen LogP contribution in [0, 0.1) is 6.57 Å². The fourth-order valence-electron chi connectivity index (χ4n) is 8.25. The Balaban J connectivity index is 1.32. The summed E-state index contributed by atoms with van der Waals surface area (Å²) in [4.78, 5) is 7.37. The van der Waals surface area contributed by atoms with Crippen LogP contribution in [0.1, 0.15) is 0 Å². The SMILES string of the molecule is [C-]#[N+]c1ccc(-n2c3ccccc3c3cc(-c4cc5[nH]c6ccccc6c5c5c6ccccc6c6c7ccccc7oc6c45)ccc32)cc1. The van der Waals surface area contributed by atoms with Crippen molar-refractivity contribution in [1.29, 1.82) is 0 Å². The number of aromatic nitrogens is 2. The molecule has 0 saturated carbocycles. The van der Waals surface area contributed by atoms with Gasteiger partial charge in [0.05, 0.1) is 17.6 Å². The number of nitrogens with zero attached hydrogens (tertiary/aromatic N) is 2. The highest BCUT2D eigenvalue weighted by Crippen LogP contribution is 2.49. The molecule has 0 bridgehead atoms. The number of rotatable bonds is 2. The van der Waals surface area contributed by atoms with Crippen molar-refractivity contribution >= 4 is 92.8 Å². The maximum absolute atomic E-state index is 7.43. The van der Waals surface area contributed by atoms with E-state index in [0.29, 0.717) is 5.69 Å². The number of H-pyrrole nitrogens is 1. The Hall–Kier alpha value is -6.83. The zero-order valence-electron chi connectivity index (χ0n) is 26.2. The Morgan fingerprint density at radius 3 is 2.00 bits per heavy atom. The van der Waals surface area contributed by atoms with E-state index in [2.05, 4.69) is 130 Å². The molecule has 226 valence electrons. The van der Waals surface area contributed by atoms with Gasteiger partial charge in [0.15, 0.2) is 5.69 Å². The Morgan fingerprint density at radius 1 is 0.510 bits per heavy atom. The third kappa shape index (κ3) is 3.51. The fraction of sp³-hybridized carbons (Fsp3) is 0. The molecule has 0 amide bonds. The number of fused-ring (bicyclic) bond motifs is 15. The molecular weight excluding hydrogens is 599 g/mol. The smallest absolute Gasteiger partial charge is 0.187 e. The average Bonchev–Trinajstić information content (AvgIpc) is 3.84. The van der Waals surface area contributed by atoms with Gasteiger partial charge in [-0.25, -0.2) is 4.85 Å². The van der Waals surface area contributed by atoms with Crippen LogP contribution in [0.2, 0.25) is 0 Å². The molecule has 4 nitrogen and oxygen atoms in total. The minimum atomic E-state index is 0.635. The quantitative estimate of drug-likeness (QED) is 0.151. The number of hydrogen-bond acceptors (Lipinski definition) is 1. The molecule has 0 aliphatic heterocycles. The zero-order valence-corrected chi connectivity index (χ0v) is 26.2. The molecule has 49 heavy (non-hydrogen) atoms. The molecule has 8 aromatic carbocycles. The number of nitrogens with one attached hydrogen (secondary N) is 1. The van der Waals surface area contributed by atoms with Gasteiger partial charge in [0.2, 0.25) is 0 Å². The van der Waals surface area contributed by atoms with E-state index in [9.17, 15) is 0 Å². The first-order valence-electron chi connectivity index (χ1n) is 16.5. The number of benzene rings is 8. The van der Waals surface area contributed by atoms with Crippen LogP contribution in [0.15, 0.2) is 150 Å².